The summed E-state index contributed by atoms with van der Waals surface area (Å²) >= 11 is 0. The molecule has 2 aliphatic rings. The van der Waals surface area contributed by atoms with Gasteiger partial charge >= 0.3 is 0 Å². The molecule has 9 heteroatoms. The summed E-state index contributed by atoms with van der Waals surface area (Å²) in [6.45, 7) is 1.43. The van der Waals surface area contributed by atoms with Gasteiger partial charge < -0.3 is 36.0 Å². The third-order valence-corrected chi connectivity index (χ3v) is 5.19. The first-order valence-corrected chi connectivity index (χ1v) is 8.77. The van der Waals surface area contributed by atoms with Crippen LogP contribution in [-0.2, 0) is 9.59 Å². The van der Waals surface area contributed by atoms with Crippen molar-refractivity contribution in [3.05, 3.63) is 0 Å². The van der Waals surface area contributed by atoms with Crippen LogP contribution in [0.1, 0.15) is 32.1 Å². The highest BCUT2D eigenvalue weighted by Crippen LogP contribution is 2.29. The number of carbonyl (C=O) groups excluding carboxylic acids is 2. The number of piperidine rings is 1. The average Bonchev–Trinajstić information content (AvgIpc) is 2.59. The lowest BCUT2D eigenvalue weighted by molar-refractivity contribution is -0.172. The van der Waals surface area contributed by atoms with Gasteiger partial charge in [-0.1, -0.05) is 0 Å². The molecule has 144 valence electrons. The van der Waals surface area contributed by atoms with E-state index in [0.29, 0.717) is 19.1 Å². The minimum atomic E-state index is -1.95. The Bertz CT molecular complexity index is 468. The van der Waals surface area contributed by atoms with Gasteiger partial charge in [0.05, 0.1) is 12.2 Å². The van der Waals surface area contributed by atoms with Crippen molar-refractivity contribution >= 4 is 11.8 Å². The molecule has 0 bridgehead atoms. The predicted molar refractivity (Wildman–Crippen MR) is 88.5 cm³/mol. The molecule has 0 spiro atoms. The minimum Gasteiger partial charge on any atom is -0.390 e. The van der Waals surface area contributed by atoms with Crippen molar-refractivity contribution in [2.75, 3.05) is 26.7 Å². The number of carbonyl (C=O) groups is 2. The molecule has 2 fully saturated rings. The van der Waals surface area contributed by atoms with E-state index in [-0.39, 0.29) is 31.7 Å². The second-order valence-electron chi connectivity index (χ2n) is 7.01. The molecule has 0 radical (unpaired) electrons. The first-order chi connectivity index (χ1) is 11.8. The van der Waals surface area contributed by atoms with Gasteiger partial charge in [0.2, 0.25) is 5.91 Å². The van der Waals surface area contributed by atoms with Gasteiger partial charge in [-0.05, 0) is 19.9 Å². The zero-order valence-corrected chi connectivity index (χ0v) is 14.5. The molecule has 9 nitrogen and oxygen atoms in total. The van der Waals surface area contributed by atoms with Gasteiger partial charge in [-0.25, -0.2) is 0 Å². The number of nitrogens with zero attached hydrogens (tertiary/aromatic N) is 1. The van der Waals surface area contributed by atoms with Crippen LogP contribution in [0.25, 0.3) is 0 Å². The number of aliphatic hydroxyl groups is 4. The van der Waals surface area contributed by atoms with Crippen LogP contribution in [0.2, 0.25) is 0 Å². The average molecular weight is 359 g/mol. The van der Waals surface area contributed by atoms with E-state index >= 15 is 0 Å². The first-order valence-electron chi connectivity index (χ1n) is 8.77. The van der Waals surface area contributed by atoms with Gasteiger partial charge in [0.15, 0.2) is 0 Å². The van der Waals surface area contributed by atoms with Crippen molar-refractivity contribution in [1.82, 2.24) is 15.5 Å². The molecule has 1 aliphatic heterocycles. The summed E-state index contributed by atoms with van der Waals surface area (Å²) in [5, 5.41) is 44.8. The van der Waals surface area contributed by atoms with Crippen LogP contribution in [0, 0.1) is 0 Å². The number of aliphatic hydroxyl groups excluding tert-OH is 3. The van der Waals surface area contributed by atoms with Crippen LogP contribution in [0.4, 0.5) is 0 Å². The summed E-state index contributed by atoms with van der Waals surface area (Å²) in [4.78, 5) is 26.1. The summed E-state index contributed by atoms with van der Waals surface area (Å²) < 4.78 is 0. The number of nitrogens with one attached hydrogen (secondary N) is 2. The Morgan fingerprint density at radius 3 is 2.20 bits per heavy atom. The van der Waals surface area contributed by atoms with E-state index in [0.717, 1.165) is 12.8 Å². The Morgan fingerprint density at radius 1 is 1.12 bits per heavy atom. The molecule has 1 aliphatic carbocycles. The molecule has 0 aromatic heterocycles. The lowest BCUT2D eigenvalue weighted by Crippen LogP contribution is -2.59. The highest BCUT2D eigenvalue weighted by Gasteiger charge is 2.48. The third kappa shape index (κ3) is 4.89. The molecule has 1 saturated heterocycles. The molecule has 2 unspecified atom stereocenters. The Kier molecular flexibility index (Phi) is 6.75. The molecule has 2 amide bonds. The molecule has 1 saturated carbocycles. The smallest absolute Gasteiger partial charge is 0.252 e. The highest BCUT2D eigenvalue weighted by atomic mass is 16.4. The van der Waals surface area contributed by atoms with Crippen LogP contribution in [0.3, 0.4) is 0 Å². The Balaban J connectivity index is 1.75. The molecule has 25 heavy (non-hydrogen) atoms. The van der Waals surface area contributed by atoms with Gasteiger partial charge in [-0.2, -0.15) is 0 Å². The maximum Gasteiger partial charge on any atom is 0.252 e. The maximum atomic E-state index is 12.2. The van der Waals surface area contributed by atoms with Crippen molar-refractivity contribution in [3.63, 3.8) is 0 Å². The van der Waals surface area contributed by atoms with E-state index in [1.807, 2.05) is 7.05 Å². The van der Waals surface area contributed by atoms with E-state index in [4.69, 9.17) is 0 Å². The van der Waals surface area contributed by atoms with E-state index in [1.165, 1.54) is 0 Å². The lowest BCUT2D eigenvalue weighted by atomic mass is 9.79. The fourth-order valence-corrected chi connectivity index (χ4v) is 3.48. The topological polar surface area (TPSA) is 142 Å². The standard InChI is InChI=1S/C16H29N3O6/c1-17-10-3-6-19(7-4-10)13(22)2-5-18-15(24)16(25)8-11(20)14(23)12(21)9-16/h10-12,14,17,20-21,23,25H,2-9H2,1H3,(H,18,24). The second-order valence-corrected chi connectivity index (χ2v) is 7.01. The molecule has 6 N–H and O–H groups in total. The van der Waals surface area contributed by atoms with Crippen LogP contribution in [0.15, 0.2) is 0 Å². The number of hydrogen-bond acceptors (Lipinski definition) is 7. The van der Waals surface area contributed by atoms with Crippen LogP contribution in [-0.4, -0.2) is 93.8 Å². The highest BCUT2D eigenvalue weighted by molar-refractivity contribution is 5.86. The number of amides is 2. The summed E-state index contributed by atoms with van der Waals surface area (Å²) in [5.74, 6) is -0.805. The molecular formula is C16H29N3O6. The number of likely N-dealkylation sites (tertiary alicyclic amines) is 1. The molecule has 0 aromatic rings. The number of rotatable bonds is 5. The zero-order valence-electron chi connectivity index (χ0n) is 14.5. The molecule has 1 heterocycles. The quantitative estimate of drug-likeness (QED) is 0.314. The van der Waals surface area contributed by atoms with Crippen molar-refractivity contribution in [3.8, 4) is 0 Å². The van der Waals surface area contributed by atoms with Gasteiger partial charge in [0.1, 0.15) is 11.7 Å². The van der Waals surface area contributed by atoms with Crippen molar-refractivity contribution < 1.29 is 30.0 Å². The van der Waals surface area contributed by atoms with E-state index in [2.05, 4.69) is 10.6 Å². The third-order valence-electron chi connectivity index (χ3n) is 5.19. The summed E-state index contributed by atoms with van der Waals surface area (Å²) in [5.41, 5.74) is -1.95. The summed E-state index contributed by atoms with van der Waals surface area (Å²) in [6.07, 6.45) is -2.94. The Hall–Kier alpha value is -1.26. The molecule has 0 aromatic carbocycles. The van der Waals surface area contributed by atoms with Gasteiger partial charge in [-0.15, -0.1) is 0 Å². The monoisotopic (exact) mass is 359 g/mol. The Labute approximate surface area is 147 Å². The van der Waals surface area contributed by atoms with Gasteiger partial charge in [-0.3, -0.25) is 9.59 Å². The lowest BCUT2D eigenvalue weighted by Gasteiger charge is -2.39. The van der Waals surface area contributed by atoms with Crippen molar-refractivity contribution in [1.29, 1.82) is 0 Å². The van der Waals surface area contributed by atoms with Crippen LogP contribution < -0.4 is 10.6 Å². The predicted octanol–water partition coefficient (Wildman–Crippen LogP) is -2.69. The van der Waals surface area contributed by atoms with E-state index < -0.39 is 29.8 Å². The van der Waals surface area contributed by atoms with Crippen LogP contribution >= 0.6 is 0 Å². The first kappa shape index (κ1) is 20.1. The maximum absolute atomic E-state index is 12.2. The van der Waals surface area contributed by atoms with Gasteiger partial charge in [0.25, 0.3) is 5.91 Å². The largest absolute Gasteiger partial charge is 0.390 e. The van der Waals surface area contributed by atoms with Crippen molar-refractivity contribution in [2.24, 2.45) is 0 Å². The number of hydrogen-bond donors (Lipinski definition) is 6. The fraction of sp³-hybridized carbons (Fsp3) is 0.875. The van der Waals surface area contributed by atoms with Crippen molar-refractivity contribution in [2.45, 2.75) is 62.1 Å². The normalized spacial score (nSPS) is 34.0. The Morgan fingerprint density at radius 2 is 1.68 bits per heavy atom. The van der Waals surface area contributed by atoms with E-state index in [9.17, 15) is 30.0 Å². The second kappa shape index (κ2) is 8.41. The fourth-order valence-electron chi connectivity index (χ4n) is 3.48. The SMILES string of the molecule is CNC1CCN(C(=O)CCNC(=O)C2(O)CC(O)C(O)C(O)C2)CC1. The minimum absolute atomic E-state index is 0.0546. The van der Waals surface area contributed by atoms with Gasteiger partial charge in [0, 0.05) is 44.9 Å². The molecule has 2 rings (SSSR count). The van der Waals surface area contributed by atoms with Crippen LogP contribution in [0.5, 0.6) is 0 Å². The molecule has 2 atom stereocenters. The zero-order chi connectivity index (χ0) is 18.6. The molecular weight excluding hydrogens is 330 g/mol. The summed E-state index contributed by atoms with van der Waals surface area (Å²) in [7, 11) is 1.90. The van der Waals surface area contributed by atoms with E-state index in [1.54, 1.807) is 4.90 Å². The summed E-state index contributed by atoms with van der Waals surface area (Å²) in [6, 6.07) is 0.428.